The van der Waals surface area contributed by atoms with Crippen molar-refractivity contribution in [3.63, 3.8) is 0 Å². The van der Waals surface area contributed by atoms with Crippen LogP contribution in [0.15, 0.2) is 5.38 Å². The summed E-state index contributed by atoms with van der Waals surface area (Å²) in [6.07, 6.45) is -0.924. The Kier molecular flexibility index (Phi) is 3.46. The molecule has 1 aliphatic heterocycles. The number of nitrogens with zero attached hydrogens (tertiary/aromatic N) is 5. The number of aromatic nitrogens is 2. The fourth-order valence-corrected chi connectivity index (χ4v) is 3.54. The standard InChI is InChI=1S/C13H14N6O2S/c1-7-5-18(13(20)21)2-3-19(7)10-9-8(4-14)6-22-11(9)17-12(15)16-10/h6-7H,2-3,5H2,1H3,(H,20,21)(H2,15,16,17). The number of carboxylic acid groups (broad SMARTS) is 1. The summed E-state index contributed by atoms with van der Waals surface area (Å²) in [5, 5.41) is 20.8. The third-order valence-corrected chi connectivity index (χ3v) is 4.59. The largest absolute Gasteiger partial charge is 0.465 e. The molecule has 9 heteroatoms. The average molecular weight is 318 g/mol. The highest BCUT2D eigenvalue weighted by molar-refractivity contribution is 7.17. The number of nitrogens with two attached hydrogens (primary N) is 1. The van der Waals surface area contributed by atoms with Crippen molar-refractivity contribution in [2.24, 2.45) is 0 Å². The Hall–Kier alpha value is -2.60. The maximum Gasteiger partial charge on any atom is 0.407 e. The molecule has 0 bridgehead atoms. The summed E-state index contributed by atoms with van der Waals surface area (Å²) in [6.45, 7) is 3.20. The van der Waals surface area contributed by atoms with Crippen LogP contribution in [0.4, 0.5) is 16.6 Å². The van der Waals surface area contributed by atoms with Gasteiger partial charge in [-0.15, -0.1) is 11.3 Å². The Morgan fingerprint density at radius 3 is 2.95 bits per heavy atom. The van der Waals surface area contributed by atoms with E-state index in [0.717, 1.165) is 0 Å². The first-order chi connectivity index (χ1) is 10.5. The predicted molar refractivity (Wildman–Crippen MR) is 82.9 cm³/mol. The van der Waals surface area contributed by atoms with E-state index >= 15 is 0 Å². The van der Waals surface area contributed by atoms with E-state index in [-0.39, 0.29) is 12.0 Å². The smallest absolute Gasteiger partial charge is 0.407 e. The summed E-state index contributed by atoms with van der Waals surface area (Å²) in [6, 6.07) is 2.09. The van der Waals surface area contributed by atoms with Crippen LogP contribution in [0.1, 0.15) is 12.5 Å². The van der Waals surface area contributed by atoms with Crippen LogP contribution in [0, 0.1) is 11.3 Å². The SMILES string of the molecule is CC1CN(C(=O)O)CCN1c1nc(N)nc2scc(C#N)c12. The molecule has 3 N–H and O–H groups in total. The van der Waals surface area contributed by atoms with E-state index in [1.807, 2.05) is 11.8 Å². The van der Waals surface area contributed by atoms with Gasteiger partial charge in [0.15, 0.2) is 0 Å². The van der Waals surface area contributed by atoms with E-state index in [0.29, 0.717) is 41.2 Å². The normalized spacial score (nSPS) is 18.5. The predicted octanol–water partition coefficient (Wildman–Crippen LogP) is 1.33. The van der Waals surface area contributed by atoms with Crippen LogP contribution in [0.3, 0.4) is 0 Å². The van der Waals surface area contributed by atoms with Crippen molar-refractivity contribution in [3.05, 3.63) is 10.9 Å². The van der Waals surface area contributed by atoms with Gasteiger partial charge in [0.2, 0.25) is 5.95 Å². The number of nitrogen functional groups attached to an aromatic ring is 1. The summed E-state index contributed by atoms with van der Waals surface area (Å²) in [5.74, 6) is 0.763. The molecule has 0 spiro atoms. The zero-order valence-electron chi connectivity index (χ0n) is 11.9. The van der Waals surface area contributed by atoms with Gasteiger partial charge in [-0.1, -0.05) is 0 Å². The summed E-state index contributed by atoms with van der Waals surface area (Å²) < 4.78 is 0. The Morgan fingerprint density at radius 2 is 2.32 bits per heavy atom. The molecular formula is C13H14N6O2S. The highest BCUT2D eigenvalue weighted by Gasteiger charge is 2.29. The molecule has 2 aromatic heterocycles. The molecule has 22 heavy (non-hydrogen) atoms. The lowest BCUT2D eigenvalue weighted by atomic mass is 10.1. The van der Waals surface area contributed by atoms with Gasteiger partial charge in [-0.05, 0) is 6.92 Å². The molecule has 1 atom stereocenters. The number of thiophene rings is 1. The van der Waals surface area contributed by atoms with E-state index in [9.17, 15) is 10.1 Å². The molecule has 114 valence electrons. The van der Waals surface area contributed by atoms with Gasteiger partial charge in [0.1, 0.15) is 16.7 Å². The van der Waals surface area contributed by atoms with Gasteiger partial charge in [0, 0.05) is 31.1 Å². The van der Waals surface area contributed by atoms with Crippen molar-refractivity contribution < 1.29 is 9.90 Å². The summed E-state index contributed by atoms with van der Waals surface area (Å²) in [5.41, 5.74) is 6.29. The Balaban J connectivity index is 2.05. The Morgan fingerprint density at radius 1 is 1.55 bits per heavy atom. The minimum atomic E-state index is -0.924. The number of fused-ring (bicyclic) bond motifs is 1. The second-order valence-corrected chi connectivity index (χ2v) is 5.98. The van der Waals surface area contributed by atoms with Crippen molar-refractivity contribution in [2.75, 3.05) is 30.3 Å². The number of hydrogen-bond donors (Lipinski definition) is 2. The molecule has 0 saturated carbocycles. The summed E-state index contributed by atoms with van der Waals surface area (Å²) in [7, 11) is 0. The van der Waals surface area contributed by atoms with Crippen LogP contribution < -0.4 is 10.6 Å². The van der Waals surface area contributed by atoms with Gasteiger partial charge >= 0.3 is 6.09 Å². The summed E-state index contributed by atoms with van der Waals surface area (Å²) >= 11 is 1.35. The third-order valence-electron chi connectivity index (χ3n) is 3.72. The van der Waals surface area contributed by atoms with Crippen LogP contribution in [0.2, 0.25) is 0 Å². The van der Waals surface area contributed by atoms with Gasteiger partial charge in [0.05, 0.1) is 10.9 Å². The zero-order chi connectivity index (χ0) is 15.9. The first-order valence-electron chi connectivity index (χ1n) is 6.70. The van der Waals surface area contributed by atoms with Gasteiger partial charge in [-0.25, -0.2) is 9.78 Å². The molecular weight excluding hydrogens is 304 g/mol. The second-order valence-electron chi connectivity index (χ2n) is 5.12. The fourth-order valence-electron chi connectivity index (χ4n) is 2.68. The number of nitriles is 1. The maximum absolute atomic E-state index is 11.1. The van der Waals surface area contributed by atoms with Gasteiger partial charge < -0.3 is 20.6 Å². The number of carbonyl (C=O) groups is 1. The first-order valence-corrected chi connectivity index (χ1v) is 7.58. The van der Waals surface area contributed by atoms with Crippen molar-refractivity contribution in [1.82, 2.24) is 14.9 Å². The van der Waals surface area contributed by atoms with E-state index in [4.69, 9.17) is 10.8 Å². The molecule has 3 rings (SSSR count). The molecule has 1 unspecified atom stereocenters. The van der Waals surface area contributed by atoms with Gasteiger partial charge in [-0.3, -0.25) is 0 Å². The van der Waals surface area contributed by atoms with Crippen molar-refractivity contribution >= 4 is 39.4 Å². The van der Waals surface area contributed by atoms with Gasteiger partial charge in [0.25, 0.3) is 0 Å². The number of piperazine rings is 1. The summed E-state index contributed by atoms with van der Waals surface area (Å²) in [4.78, 5) is 23.6. The number of hydrogen-bond acceptors (Lipinski definition) is 7. The van der Waals surface area contributed by atoms with E-state index < -0.39 is 6.09 Å². The zero-order valence-corrected chi connectivity index (χ0v) is 12.7. The number of amides is 1. The van der Waals surface area contributed by atoms with Crippen molar-refractivity contribution in [2.45, 2.75) is 13.0 Å². The minimum Gasteiger partial charge on any atom is -0.465 e. The lowest BCUT2D eigenvalue weighted by molar-refractivity contribution is 0.136. The van der Waals surface area contributed by atoms with Crippen molar-refractivity contribution in [3.8, 4) is 6.07 Å². The molecule has 1 saturated heterocycles. The highest BCUT2D eigenvalue weighted by atomic mass is 32.1. The molecule has 1 aliphatic rings. The van der Waals surface area contributed by atoms with Crippen LogP contribution in [0.25, 0.3) is 10.2 Å². The molecule has 2 aromatic rings. The highest BCUT2D eigenvalue weighted by Crippen LogP contribution is 2.33. The van der Waals surface area contributed by atoms with E-state index in [1.165, 1.54) is 16.2 Å². The lowest BCUT2D eigenvalue weighted by Gasteiger charge is -2.39. The monoisotopic (exact) mass is 318 g/mol. The Bertz CT molecular complexity index is 783. The van der Waals surface area contributed by atoms with Crippen molar-refractivity contribution in [1.29, 1.82) is 5.26 Å². The molecule has 8 nitrogen and oxygen atoms in total. The molecule has 3 heterocycles. The molecule has 1 fully saturated rings. The topological polar surface area (TPSA) is 119 Å². The maximum atomic E-state index is 11.1. The van der Waals surface area contributed by atoms with Crippen LogP contribution in [-0.4, -0.2) is 51.7 Å². The fraction of sp³-hybridized carbons (Fsp3) is 0.385. The lowest BCUT2D eigenvalue weighted by Crippen LogP contribution is -2.53. The third kappa shape index (κ3) is 2.27. The molecule has 0 radical (unpaired) electrons. The van der Waals surface area contributed by atoms with Crippen LogP contribution in [-0.2, 0) is 0 Å². The van der Waals surface area contributed by atoms with Crippen LogP contribution >= 0.6 is 11.3 Å². The quantitative estimate of drug-likeness (QED) is 0.814. The Labute approximate surface area is 130 Å². The van der Waals surface area contributed by atoms with Gasteiger partial charge in [-0.2, -0.15) is 10.2 Å². The van der Waals surface area contributed by atoms with E-state index in [1.54, 1.807) is 5.38 Å². The number of rotatable bonds is 1. The molecule has 0 aliphatic carbocycles. The van der Waals surface area contributed by atoms with Crippen LogP contribution in [0.5, 0.6) is 0 Å². The average Bonchev–Trinajstić information content (AvgIpc) is 2.89. The molecule has 0 aromatic carbocycles. The minimum absolute atomic E-state index is 0.0613. The number of anilines is 2. The first kappa shape index (κ1) is 14.3. The van der Waals surface area contributed by atoms with E-state index in [2.05, 4.69) is 16.0 Å². The molecule has 1 amide bonds. The second kappa shape index (κ2) is 5.31.